The summed E-state index contributed by atoms with van der Waals surface area (Å²) in [4.78, 5) is 12.6. The normalized spacial score (nSPS) is 21.9. The first-order valence-corrected chi connectivity index (χ1v) is 6.03. The van der Waals surface area contributed by atoms with Crippen molar-refractivity contribution in [2.75, 3.05) is 19.6 Å². The van der Waals surface area contributed by atoms with Gasteiger partial charge in [-0.25, -0.2) is 0 Å². The van der Waals surface area contributed by atoms with Crippen LogP contribution in [0.4, 0.5) is 13.2 Å². The van der Waals surface area contributed by atoms with Crippen LogP contribution in [0.3, 0.4) is 0 Å². The van der Waals surface area contributed by atoms with Gasteiger partial charge < -0.3 is 10.5 Å². The smallest absolute Gasteiger partial charge is 0.401 e. The maximum atomic E-state index is 12.2. The Morgan fingerprint density at radius 3 is 2.45 bits per heavy atom. The minimum Gasteiger partial charge on any atom is -0.461 e. The molecule has 0 aromatic carbocycles. The number of rotatable bonds is 3. The molecule has 2 unspecified atom stereocenters. The van der Waals surface area contributed by atoms with E-state index in [0.29, 0.717) is 25.8 Å². The molecule has 1 fully saturated rings. The number of nitrogens with zero attached hydrogens (tertiary/aromatic N) is 1. The molecule has 0 bridgehead atoms. The molecule has 20 heavy (non-hydrogen) atoms. The van der Waals surface area contributed by atoms with E-state index in [1.807, 2.05) is 0 Å². The lowest BCUT2D eigenvalue weighted by Gasteiger charge is -2.21. The largest absolute Gasteiger partial charge is 0.461 e. The quantitative estimate of drug-likeness (QED) is 0.799. The zero-order chi connectivity index (χ0) is 13.8. The first-order chi connectivity index (χ1) is 8.28. The van der Waals surface area contributed by atoms with Crippen molar-refractivity contribution in [3.63, 3.8) is 0 Å². The van der Waals surface area contributed by atoms with Gasteiger partial charge in [-0.3, -0.25) is 9.69 Å². The van der Waals surface area contributed by atoms with Crippen molar-refractivity contribution in [2.24, 2.45) is 5.73 Å². The van der Waals surface area contributed by atoms with E-state index in [-0.39, 0.29) is 37.5 Å². The number of nitrogens with two attached hydrogens (primary N) is 1. The number of esters is 1. The number of carbonyl (C=O) groups is 1. The van der Waals surface area contributed by atoms with Crippen molar-refractivity contribution in [2.45, 2.75) is 44.5 Å². The van der Waals surface area contributed by atoms with Crippen LogP contribution in [-0.2, 0) is 9.53 Å². The second-order valence-corrected chi connectivity index (χ2v) is 4.67. The van der Waals surface area contributed by atoms with Crippen molar-refractivity contribution >= 4 is 30.8 Å². The Morgan fingerprint density at radius 1 is 1.35 bits per heavy atom. The summed E-state index contributed by atoms with van der Waals surface area (Å²) in [6.45, 7) is 1.29. The number of hydrogen-bond acceptors (Lipinski definition) is 4. The Balaban J connectivity index is 0. The highest BCUT2D eigenvalue weighted by Gasteiger charge is 2.32. The Bertz CT molecular complexity index is 291. The predicted molar refractivity (Wildman–Crippen MR) is 74.4 cm³/mol. The summed E-state index contributed by atoms with van der Waals surface area (Å²) in [6, 6.07) is -0.695. The molecule has 1 heterocycles. The van der Waals surface area contributed by atoms with E-state index in [4.69, 9.17) is 10.5 Å². The van der Waals surface area contributed by atoms with Gasteiger partial charge in [0.15, 0.2) is 0 Å². The lowest BCUT2D eigenvalue weighted by Crippen LogP contribution is -2.35. The van der Waals surface area contributed by atoms with Gasteiger partial charge in [0.1, 0.15) is 12.1 Å². The molecule has 9 heteroatoms. The minimum atomic E-state index is -4.18. The monoisotopic (exact) mass is 340 g/mol. The van der Waals surface area contributed by atoms with E-state index >= 15 is 0 Å². The van der Waals surface area contributed by atoms with Crippen LogP contribution in [0.5, 0.6) is 0 Å². The molecule has 1 saturated heterocycles. The Kier molecular flexibility index (Phi) is 10.6. The highest BCUT2D eigenvalue weighted by atomic mass is 35.5. The number of ether oxygens (including phenoxy) is 1. The van der Waals surface area contributed by atoms with Crippen molar-refractivity contribution in [1.29, 1.82) is 0 Å². The van der Waals surface area contributed by atoms with Crippen LogP contribution in [0.15, 0.2) is 0 Å². The number of halogens is 5. The third-order valence-corrected chi connectivity index (χ3v) is 2.83. The van der Waals surface area contributed by atoms with E-state index in [1.54, 1.807) is 0 Å². The van der Waals surface area contributed by atoms with E-state index in [0.717, 1.165) is 0 Å². The van der Waals surface area contributed by atoms with Gasteiger partial charge in [-0.1, -0.05) is 0 Å². The van der Waals surface area contributed by atoms with Gasteiger partial charge in [0.05, 0.1) is 6.54 Å². The summed E-state index contributed by atoms with van der Waals surface area (Å²) in [7, 11) is 0. The van der Waals surface area contributed by atoms with Gasteiger partial charge in [-0.2, -0.15) is 13.2 Å². The molecule has 1 aliphatic heterocycles. The molecular weight excluding hydrogens is 320 g/mol. The molecule has 2 atom stereocenters. The minimum absolute atomic E-state index is 0. The fourth-order valence-electron chi connectivity index (χ4n) is 1.93. The molecule has 0 aromatic rings. The number of carbonyl (C=O) groups excluding carboxylic acids is 1. The van der Waals surface area contributed by atoms with Gasteiger partial charge in [0, 0.05) is 6.54 Å². The summed E-state index contributed by atoms with van der Waals surface area (Å²) in [5, 5.41) is 0. The summed E-state index contributed by atoms with van der Waals surface area (Å²) >= 11 is 0. The second-order valence-electron chi connectivity index (χ2n) is 4.67. The zero-order valence-electron chi connectivity index (χ0n) is 11.2. The molecular formula is C11H21Cl2F3N2O2. The molecule has 0 radical (unpaired) electrons. The van der Waals surface area contributed by atoms with Crippen molar-refractivity contribution < 1.29 is 22.7 Å². The molecule has 122 valence electrons. The standard InChI is InChI=1S/C11H19F3N2O2.2ClH/c1-8(15)10(17)18-9-3-2-5-16(6-4-9)7-11(12,13)14;;/h8-9H,2-7,15H2,1H3;2*1H. The van der Waals surface area contributed by atoms with Crippen LogP contribution < -0.4 is 5.73 Å². The van der Waals surface area contributed by atoms with E-state index in [1.165, 1.54) is 11.8 Å². The molecule has 4 nitrogen and oxygen atoms in total. The summed E-state index contributed by atoms with van der Waals surface area (Å²) in [5.74, 6) is -0.496. The third-order valence-electron chi connectivity index (χ3n) is 2.83. The summed E-state index contributed by atoms with van der Waals surface area (Å²) in [5.41, 5.74) is 5.37. The number of alkyl halides is 3. The average Bonchev–Trinajstić information content (AvgIpc) is 2.41. The average molecular weight is 341 g/mol. The number of likely N-dealkylation sites (tertiary alicyclic amines) is 1. The fraction of sp³-hybridized carbons (Fsp3) is 0.909. The first-order valence-electron chi connectivity index (χ1n) is 6.03. The van der Waals surface area contributed by atoms with Crippen LogP contribution in [0, 0.1) is 0 Å². The van der Waals surface area contributed by atoms with Gasteiger partial charge in [0.25, 0.3) is 0 Å². The molecule has 0 amide bonds. The van der Waals surface area contributed by atoms with Gasteiger partial charge in [-0.15, -0.1) is 24.8 Å². The Morgan fingerprint density at radius 2 is 1.95 bits per heavy atom. The fourth-order valence-corrected chi connectivity index (χ4v) is 1.93. The SMILES string of the molecule is CC(N)C(=O)OC1CCCN(CC(F)(F)F)CC1.Cl.Cl. The topological polar surface area (TPSA) is 55.6 Å². The lowest BCUT2D eigenvalue weighted by molar-refractivity contribution is -0.152. The van der Waals surface area contributed by atoms with Crippen LogP contribution >= 0.6 is 24.8 Å². The molecule has 2 N–H and O–H groups in total. The summed E-state index contributed by atoms with van der Waals surface area (Å²) < 4.78 is 41.9. The lowest BCUT2D eigenvalue weighted by atomic mass is 10.1. The van der Waals surface area contributed by atoms with E-state index < -0.39 is 24.7 Å². The maximum Gasteiger partial charge on any atom is 0.401 e. The summed E-state index contributed by atoms with van der Waals surface area (Å²) in [6.07, 6.45) is -2.89. The highest BCUT2D eigenvalue weighted by molar-refractivity contribution is 5.85. The second kappa shape index (κ2) is 9.65. The maximum absolute atomic E-state index is 12.2. The predicted octanol–water partition coefficient (Wildman–Crippen LogP) is 2.14. The molecule has 0 aromatic heterocycles. The molecule has 0 saturated carbocycles. The van der Waals surface area contributed by atoms with Crippen molar-refractivity contribution in [3.05, 3.63) is 0 Å². The molecule has 1 aliphatic rings. The van der Waals surface area contributed by atoms with E-state index in [2.05, 4.69) is 0 Å². The first kappa shape index (κ1) is 22.0. The third kappa shape index (κ3) is 8.84. The Labute approximate surface area is 129 Å². The molecule has 1 rings (SSSR count). The van der Waals surface area contributed by atoms with Crippen LogP contribution in [-0.4, -0.2) is 48.8 Å². The molecule has 0 spiro atoms. The van der Waals surface area contributed by atoms with Gasteiger partial charge >= 0.3 is 12.1 Å². The van der Waals surface area contributed by atoms with Gasteiger partial charge in [0.2, 0.25) is 0 Å². The van der Waals surface area contributed by atoms with Crippen molar-refractivity contribution in [1.82, 2.24) is 4.90 Å². The zero-order valence-corrected chi connectivity index (χ0v) is 12.8. The van der Waals surface area contributed by atoms with Crippen molar-refractivity contribution in [3.8, 4) is 0 Å². The molecule has 0 aliphatic carbocycles. The van der Waals surface area contributed by atoms with Gasteiger partial charge in [-0.05, 0) is 32.7 Å². The van der Waals surface area contributed by atoms with Crippen LogP contribution in [0.2, 0.25) is 0 Å². The Hall–Kier alpha value is -0.240. The van der Waals surface area contributed by atoms with E-state index in [9.17, 15) is 18.0 Å². The highest BCUT2D eigenvalue weighted by Crippen LogP contribution is 2.20. The number of hydrogen-bond donors (Lipinski definition) is 1. The van der Waals surface area contributed by atoms with Crippen LogP contribution in [0.25, 0.3) is 0 Å². The van der Waals surface area contributed by atoms with Crippen LogP contribution in [0.1, 0.15) is 26.2 Å².